The highest BCUT2D eigenvalue weighted by atomic mass is 32.2. The van der Waals surface area contributed by atoms with Crippen molar-refractivity contribution in [1.29, 1.82) is 0 Å². The predicted octanol–water partition coefficient (Wildman–Crippen LogP) is 4.76. The van der Waals surface area contributed by atoms with Crippen molar-refractivity contribution in [3.05, 3.63) is 35.9 Å². The van der Waals surface area contributed by atoms with E-state index in [0.717, 1.165) is 0 Å². The summed E-state index contributed by atoms with van der Waals surface area (Å²) < 4.78 is 0.269. The molecule has 0 unspecified atom stereocenters. The fourth-order valence-electron chi connectivity index (χ4n) is 1.77. The topological polar surface area (TPSA) is 0 Å². The molecule has 0 fully saturated rings. The highest BCUT2D eigenvalue weighted by Gasteiger charge is 2.29. The van der Waals surface area contributed by atoms with E-state index in [9.17, 15) is 0 Å². The normalized spacial score (nSPS) is 11.7. The molecule has 0 aliphatic heterocycles. The van der Waals surface area contributed by atoms with Gasteiger partial charge in [0.05, 0.1) is 4.08 Å². The van der Waals surface area contributed by atoms with Crippen LogP contribution in [-0.4, -0.2) is 11.5 Å². The molecule has 0 amide bonds. The Balaban J connectivity index is 2.97. The van der Waals surface area contributed by atoms with Crippen LogP contribution in [0.3, 0.4) is 0 Å². The Labute approximate surface area is 102 Å². The second-order valence-corrected chi connectivity index (χ2v) is 6.72. The second-order valence-electron chi connectivity index (χ2n) is 3.34. The van der Waals surface area contributed by atoms with E-state index in [1.54, 1.807) is 0 Å². The third-order valence-corrected chi connectivity index (χ3v) is 5.70. The van der Waals surface area contributed by atoms with Crippen LogP contribution in [0.2, 0.25) is 0 Å². The molecular weight excluding hydrogens is 220 g/mol. The van der Waals surface area contributed by atoms with E-state index in [0.29, 0.717) is 0 Å². The number of hydrogen-bond donors (Lipinski definition) is 0. The van der Waals surface area contributed by atoms with Crippen molar-refractivity contribution in [1.82, 2.24) is 0 Å². The van der Waals surface area contributed by atoms with Crippen LogP contribution < -0.4 is 0 Å². The van der Waals surface area contributed by atoms with Crippen molar-refractivity contribution < 1.29 is 0 Å². The zero-order chi connectivity index (χ0) is 11.1. The van der Waals surface area contributed by atoms with Crippen LogP contribution in [0, 0.1) is 0 Å². The van der Waals surface area contributed by atoms with Crippen molar-refractivity contribution in [3.63, 3.8) is 0 Å². The van der Waals surface area contributed by atoms with Crippen LogP contribution in [0.25, 0.3) is 0 Å². The molecule has 0 spiro atoms. The highest BCUT2D eigenvalue weighted by molar-refractivity contribution is 8.17. The third kappa shape index (κ3) is 3.18. The lowest BCUT2D eigenvalue weighted by Gasteiger charge is -2.31. The summed E-state index contributed by atoms with van der Waals surface area (Å²) in [4.78, 5) is 0. The highest BCUT2D eigenvalue weighted by Crippen LogP contribution is 2.48. The first-order valence-corrected chi connectivity index (χ1v) is 7.59. The Kier molecular flexibility index (Phi) is 5.62. The average Bonchev–Trinajstić information content (AvgIpc) is 2.30. The molecule has 0 N–H and O–H groups in total. The predicted molar refractivity (Wildman–Crippen MR) is 74.7 cm³/mol. The Bertz CT molecular complexity index is 263. The molecule has 0 heterocycles. The first kappa shape index (κ1) is 13.0. The minimum absolute atomic E-state index is 0.269. The van der Waals surface area contributed by atoms with Crippen molar-refractivity contribution in [3.8, 4) is 0 Å². The van der Waals surface area contributed by atoms with Crippen LogP contribution in [0.1, 0.15) is 32.8 Å². The summed E-state index contributed by atoms with van der Waals surface area (Å²) in [6.07, 6.45) is 1.19. The molecular formula is C13H20S2. The van der Waals surface area contributed by atoms with Crippen LogP contribution in [0.4, 0.5) is 0 Å². The minimum atomic E-state index is 0.269. The molecule has 0 aliphatic carbocycles. The summed E-state index contributed by atoms with van der Waals surface area (Å²) in [7, 11) is 0. The fourth-order valence-corrected chi connectivity index (χ4v) is 4.76. The molecule has 0 aliphatic rings. The molecule has 15 heavy (non-hydrogen) atoms. The molecule has 0 radical (unpaired) electrons. The summed E-state index contributed by atoms with van der Waals surface area (Å²) in [5.74, 6) is 2.35. The Morgan fingerprint density at radius 2 is 1.47 bits per heavy atom. The molecule has 0 nitrogen and oxygen atoms in total. The van der Waals surface area contributed by atoms with E-state index in [1.807, 2.05) is 0 Å². The van der Waals surface area contributed by atoms with E-state index in [2.05, 4.69) is 74.6 Å². The molecule has 1 rings (SSSR count). The van der Waals surface area contributed by atoms with Crippen LogP contribution in [0.5, 0.6) is 0 Å². The zero-order valence-corrected chi connectivity index (χ0v) is 11.5. The van der Waals surface area contributed by atoms with Gasteiger partial charge in [-0.3, -0.25) is 0 Å². The molecule has 1 aromatic rings. The monoisotopic (exact) mass is 240 g/mol. The molecule has 0 atom stereocenters. The molecule has 0 aromatic heterocycles. The Hall–Kier alpha value is -0.0800. The smallest absolute Gasteiger partial charge is 0.0857 e. The van der Waals surface area contributed by atoms with Gasteiger partial charge in [0.2, 0.25) is 0 Å². The zero-order valence-electron chi connectivity index (χ0n) is 9.82. The van der Waals surface area contributed by atoms with Crippen molar-refractivity contribution in [2.24, 2.45) is 0 Å². The molecule has 0 saturated heterocycles. The summed E-state index contributed by atoms with van der Waals surface area (Å²) in [5, 5.41) is 0. The van der Waals surface area contributed by atoms with Gasteiger partial charge in [-0.25, -0.2) is 0 Å². The number of rotatable bonds is 6. The van der Waals surface area contributed by atoms with Gasteiger partial charge >= 0.3 is 0 Å². The lowest BCUT2D eigenvalue weighted by molar-refractivity contribution is 0.831. The Morgan fingerprint density at radius 3 is 1.87 bits per heavy atom. The second kappa shape index (κ2) is 6.49. The minimum Gasteiger partial charge on any atom is -0.140 e. The summed E-state index contributed by atoms with van der Waals surface area (Å²) >= 11 is 4.13. The molecule has 1 aromatic carbocycles. The summed E-state index contributed by atoms with van der Waals surface area (Å²) in [5.41, 5.74) is 1.46. The van der Waals surface area contributed by atoms with Crippen LogP contribution >= 0.6 is 23.5 Å². The first-order chi connectivity index (χ1) is 7.29. The largest absolute Gasteiger partial charge is 0.140 e. The van der Waals surface area contributed by atoms with Gasteiger partial charge in [0.25, 0.3) is 0 Å². The number of hydrogen-bond acceptors (Lipinski definition) is 2. The first-order valence-electron chi connectivity index (χ1n) is 5.62. The van der Waals surface area contributed by atoms with Gasteiger partial charge in [0.15, 0.2) is 0 Å². The van der Waals surface area contributed by atoms with Crippen molar-refractivity contribution in [2.75, 3.05) is 11.5 Å². The molecule has 84 valence electrons. The van der Waals surface area contributed by atoms with Crippen LogP contribution in [-0.2, 0) is 4.08 Å². The third-order valence-electron chi connectivity index (χ3n) is 2.43. The summed E-state index contributed by atoms with van der Waals surface area (Å²) in [6, 6.07) is 10.9. The van der Waals surface area contributed by atoms with Gasteiger partial charge in [-0.1, -0.05) is 51.1 Å². The van der Waals surface area contributed by atoms with Gasteiger partial charge in [-0.15, -0.1) is 23.5 Å². The maximum Gasteiger partial charge on any atom is 0.0857 e. The quantitative estimate of drug-likeness (QED) is 0.658. The number of thioether (sulfide) groups is 2. The maximum atomic E-state index is 2.29. The standard InChI is InChI=1S/C13H20S2/c1-4-13(14-5-2,15-6-3)12-10-8-7-9-11-12/h7-11H,4-6H2,1-3H3. The van der Waals surface area contributed by atoms with Crippen molar-refractivity contribution in [2.45, 2.75) is 31.3 Å². The van der Waals surface area contributed by atoms with Gasteiger partial charge in [0, 0.05) is 0 Å². The molecule has 2 heteroatoms. The molecule has 0 saturated carbocycles. The van der Waals surface area contributed by atoms with Crippen LogP contribution in [0.15, 0.2) is 30.3 Å². The van der Waals surface area contributed by atoms with E-state index in [1.165, 1.54) is 23.5 Å². The Morgan fingerprint density at radius 1 is 0.933 bits per heavy atom. The van der Waals surface area contributed by atoms with E-state index < -0.39 is 0 Å². The van der Waals surface area contributed by atoms with Gasteiger partial charge < -0.3 is 0 Å². The SMILES string of the molecule is CCSC(CC)(SCC)c1ccccc1. The fraction of sp³-hybridized carbons (Fsp3) is 0.538. The van der Waals surface area contributed by atoms with Gasteiger partial charge in [-0.05, 0) is 23.5 Å². The van der Waals surface area contributed by atoms with E-state index in [-0.39, 0.29) is 4.08 Å². The lowest BCUT2D eigenvalue weighted by Crippen LogP contribution is -2.17. The number of benzene rings is 1. The van der Waals surface area contributed by atoms with Crippen molar-refractivity contribution >= 4 is 23.5 Å². The van der Waals surface area contributed by atoms with Gasteiger partial charge in [-0.2, -0.15) is 0 Å². The lowest BCUT2D eigenvalue weighted by atomic mass is 10.1. The maximum absolute atomic E-state index is 2.29. The van der Waals surface area contributed by atoms with E-state index in [4.69, 9.17) is 0 Å². The van der Waals surface area contributed by atoms with E-state index >= 15 is 0 Å². The summed E-state index contributed by atoms with van der Waals surface area (Å²) in [6.45, 7) is 6.78. The van der Waals surface area contributed by atoms with Gasteiger partial charge in [0.1, 0.15) is 0 Å². The average molecular weight is 240 g/mol. The molecule has 0 bridgehead atoms.